The van der Waals surface area contributed by atoms with Crippen molar-refractivity contribution >= 4 is 0 Å². The predicted octanol–water partition coefficient (Wildman–Crippen LogP) is -0.247. The van der Waals surface area contributed by atoms with Crippen LogP contribution in [0.25, 0.3) is 0 Å². The topological polar surface area (TPSA) is 74.5 Å². The molecule has 0 unspecified atom stereocenters. The molecule has 2 fully saturated rings. The smallest absolute Gasteiger partial charge is 0.163 e. The SMILES string of the molecule is CC1(C)O[C@H]2[C@@H]([C@H](O)CC#N)NC[C@H]2O1. The van der Waals surface area contributed by atoms with E-state index in [4.69, 9.17) is 14.7 Å². The van der Waals surface area contributed by atoms with Gasteiger partial charge in [-0.2, -0.15) is 5.26 Å². The van der Waals surface area contributed by atoms with Crippen molar-refractivity contribution in [3.05, 3.63) is 0 Å². The third-order valence-corrected chi connectivity index (χ3v) is 2.85. The van der Waals surface area contributed by atoms with Gasteiger partial charge in [0.05, 0.1) is 24.6 Å². The van der Waals surface area contributed by atoms with Crippen LogP contribution in [-0.4, -0.2) is 41.8 Å². The van der Waals surface area contributed by atoms with Crippen LogP contribution in [0.15, 0.2) is 0 Å². The van der Waals surface area contributed by atoms with Crippen LogP contribution < -0.4 is 5.32 Å². The number of rotatable bonds is 2. The molecule has 84 valence electrons. The van der Waals surface area contributed by atoms with Crippen LogP contribution in [0.4, 0.5) is 0 Å². The molecule has 5 heteroatoms. The number of hydrogen-bond donors (Lipinski definition) is 2. The summed E-state index contributed by atoms with van der Waals surface area (Å²) < 4.78 is 11.4. The maximum atomic E-state index is 9.75. The maximum absolute atomic E-state index is 9.75. The monoisotopic (exact) mass is 212 g/mol. The van der Waals surface area contributed by atoms with Gasteiger partial charge in [0.1, 0.15) is 12.2 Å². The molecule has 0 aromatic carbocycles. The second kappa shape index (κ2) is 3.72. The summed E-state index contributed by atoms with van der Waals surface area (Å²) in [6.45, 7) is 4.39. The quantitative estimate of drug-likeness (QED) is 0.660. The molecule has 0 radical (unpaired) electrons. The normalized spacial score (nSPS) is 39.7. The highest BCUT2D eigenvalue weighted by Gasteiger charge is 2.50. The lowest BCUT2D eigenvalue weighted by atomic mass is 10.0. The highest BCUT2D eigenvalue weighted by molar-refractivity contribution is 5.02. The van der Waals surface area contributed by atoms with Gasteiger partial charge in [-0.25, -0.2) is 0 Å². The minimum Gasteiger partial charge on any atom is -0.390 e. The molecule has 0 aromatic heterocycles. The first-order valence-electron chi connectivity index (χ1n) is 5.17. The van der Waals surface area contributed by atoms with Crippen molar-refractivity contribution in [1.82, 2.24) is 5.32 Å². The van der Waals surface area contributed by atoms with Crippen molar-refractivity contribution in [2.75, 3.05) is 6.54 Å². The first-order valence-corrected chi connectivity index (χ1v) is 5.17. The van der Waals surface area contributed by atoms with E-state index in [1.54, 1.807) is 0 Å². The molecule has 0 aliphatic carbocycles. The Labute approximate surface area is 89.0 Å². The Bertz CT molecular complexity index is 287. The number of hydrogen-bond acceptors (Lipinski definition) is 5. The molecule has 2 rings (SSSR count). The highest BCUT2D eigenvalue weighted by Crippen LogP contribution is 2.33. The zero-order chi connectivity index (χ0) is 11.1. The minimum atomic E-state index is -0.692. The number of nitriles is 1. The Balaban J connectivity index is 2.03. The average molecular weight is 212 g/mol. The van der Waals surface area contributed by atoms with Crippen LogP contribution in [-0.2, 0) is 9.47 Å². The summed E-state index contributed by atoms with van der Waals surface area (Å²) in [4.78, 5) is 0. The summed E-state index contributed by atoms with van der Waals surface area (Å²) in [5.74, 6) is -0.581. The van der Waals surface area contributed by atoms with Crippen LogP contribution in [0.1, 0.15) is 20.3 Å². The Hall–Kier alpha value is -0.670. The van der Waals surface area contributed by atoms with Gasteiger partial charge in [0.25, 0.3) is 0 Å². The molecule has 5 nitrogen and oxygen atoms in total. The van der Waals surface area contributed by atoms with Gasteiger partial charge in [0, 0.05) is 6.54 Å². The number of aliphatic hydroxyl groups is 1. The Morgan fingerprint density at radius 1 is 1.60 bits per heavy atom. The maximum Gasteiger partial charge on any atom is 0.163 e. The highest BCUT2D eigenvalue weighted by atomic mass is 16.8. The third-order valence-electron chi connectivity index (χ3n) is 2.85. The van der Waals surface area contributed by atoms with E-state index in [9.17, 15) is 5.11 Å². The lowest BCUT2D eigenvalue weighted by molar-refractivity contribution is -0.156. The summed E-state index contributed by atoms with van der Waals surface area (Å²) in [6.07, 6.45) is -0.741. The van der Waals surface area contributed by atoms with E-state index >= 15 is 0 Å². The van der Waals surface area contributed by atoms with Crippen molar-refractivity contribution in [3.63, 3.8) is 0 Å². The Kier molecular flexibility index (Phi) is 2.69. The van der Waals surface area contributed by atoms with E-state index in [0.29, 0.717) is 6.54 Å². The Morgan fingerprint density at radius 2 is 2.33 bits per heavy atom. The zero-order valence-corrected chi connectivity index (χ0v) is 8.93. The lowest BCUT2D eigenvalue weighted by Crippen LogP contribution is -2.44. The van der Waals surface area contributed by atoms with Crippen molar-refractivity contribution in [2.24, 2.45) is 0 Å². The predicted molar refractivity (Wildman–Crippen MR) is 51.9 cm³/mol. The van der Waals surface area contributed by atoms with Gasteiger partial charge < -0.3 is 19.9 Å². The van der Waals surface area contributed by atoms with E-state index in [1.165, 1.54) is 0 Å². The molecular formula is C10H16N2O3. The molecule has 0 amide bonds. The fraction of sp³-hybridized carbons (Fsp3) is 0.900. The standard InChI is InChI=1S/C10H16N2O3/c1-10(2)14-7-5-12-8(9(7)15-10)6(13)3-4-11/h6-9,12-13H,3,5H2,1-2H3/t6-,7-,8-,9-/m1/s1. The van der Waals surface area contributed by atoms with Crippen LogP contribution in [0.2, 0.25) is 0 Å². The van der Waals surface area contributed by atoms with E-state index in [-0.39, 0.29) is 24.7 Å². The van der Waals surface area contributed by atoms with Crippen LogP contribution >= 0.6 is 0 Å². The molecule has 4 atom stereocenters. The van der Waals surface area contributed by atoms with Crippen molar-refractivity contribution in [3.8, 4) is 6.07 Å². The fourth-order valence-electron chi connectivity index (χ4n) is 2.27. The van der Waals surface area contributed by atoms with E-state index in [2.05, 4.69) is 5.32 Å². The van der Waals surface area contributed by atoms with Gasteiger partial charge >= 0.3 is 0 Å². The summed E-state index contributed by atoms with van der Waals surface area (Å²) in [5.41, 5.74) is 0. The number of aliphatic hydroxyl groups excluding tert-OH is 1. The molecule has 2 saturated heterocycles. The molecule has 15 heavy (non-hydrogen) atoms. The van der Waals surface area contributed by atoms with Gasteiger partial charge in [-0.15, -0.1) is 0 Å². The molecule has 0 saturated carbocycles. The van der Waals surface area contributed by atoms with Crippen molar-refractivity contribution in [2.45, 2.75) is 50.4 Å². The van der Waals surface area contributed by atoms with Crippen LogP contribution in [0.3, 0.4) is 0 Å². The second-order valence-corrected chi connectivity index (χ2v) is 4.50. The molecule has 2 aliphatic rings. The largest absolute Gasteiger partial charge is 0.390 e. The fourth-order valence-corrected chi connectivity index (χ4v) is 2.27. The first kappa shape index (κ1) is 10.8. The molecule has 2 N–H and O–H groups in total. The average Bonchev–Trinajstić information content (AvgIpc) is 2.59. The molecule has 2 heterocycles. The number of nitrogens with zero attached hydrogens (tertiary/aromatic N) is 1. The molecule has 0 aromatic rings. The molecular weight excluding hydrogens is 196 g/mol. The molecule has 2 aliphatic heterocycles. The summed E-state index contributed by atoms with van der Waals surface area (Å²) in [6, 6.07) is 1.76. The van der Waals surface area contributed by atoms with Crippen LogP contribution in [0, 0.1) is 11.3 Å². The number of nitrogens with one attached hydrogen (secondary N) is 1. The zero-order valence-electron chi connectivity index (χ0n) is 8.93. The second-order valence-electron chi connectivity index (χ2n) is 4.50. The van der Waals surface area contributed by atoms with Crippen molar-refractivity contribution in [1.29, 1.82) is 5.26 Å². The summed E-state index contributed by atoms with van der Waals surface area (Å²) >= 11 is 0. The van der Waals surface area contributed by atoms with Gasteiger partial charge in [0.2, 0.25) is 0 Å². The number of fused-ring (bicyclic) bond motifs is 1. The summed E-state index contributed by atoms with van der Waals surface area (Å²) in [7, 11) is 0. The van der Waals surface area contributed by atoms with Crippen LogP contribution in [0.5, 0.6) is 0 Å². The van der Waals surface area contributed by atoms with Gasteiger partial charge in [-0.1, -0.05) is 0 Å². The van der Waals surface area contributed by atoms with Gasteiger partial charge in [-0.05, 0) is 13.8 Å². The van der Waals surface area contributed by atoms with E-state index < -0.39 is 11.9 Å². The van der Waals surface area contributed by atoms with Gasteiger partial charge in [-0.3, -0.25) is 0 Å². The minimum absolute atomic E-state index is 0.0154. The van der Waals surface area contributed by atoms with E-state index in [0.717, 1.165) is 0 Å². The summed E-state index contributed by atoms with van der Waals surface area (Å²) in [5, 5.41) is 21.4. The third kappa shape index (κ3) is 1.99. The lowest BCUT2D eigenvalue weighted by Gasteiger charge is -2.24. The van der Waals surface area contributed by atoms with E-state index in [1.807, 2.05) is 19.9 Å². The first-order chi connectivity index (χ1) is 7.03. The molecule has 0 bridgehead atoms. The van der Waals surface area contributed by atoms with Crippen molar-refractivity contribution < 1.29 is 14.6 Å². The van der Waals surface area contributed by atoms with Gasteiger partial charge in [0.15, 0.2) is 5.79 Å². The Morgan fingerprint density at radius 3 is 3.00 bits per heavy atom. The molecule has 0 spiro atoms. The number of ether oxygens (including phenoxy) is 2.